The fourth-order valence-corrected chi connectivity index (χ4v) is 4.13. The third-order valence-electron chi connectivity index (χ3n) is 2.45. The quantitative estimate of drug-likeness (QED) is 0.556. The van der Waals surface area contributed by atoms with Gasteiger partial charge in [0, 0.05) is 0 Å². The molecule has 0 radical (unpaired) electrons. The molecular formula is C12H9NSe. The molecular weight excluding hydrogens is 237 g/mol. The maximum atomic E-state index is 4.46. The van der Waals surface area contributed by atoms with Gasteiger partial charge in [0.05, 0.1) is 0 Å². The Morgan fingerprint density at radius 3 is 3.00 bits per heavy atom. The second-order valence-electron chi connectivity index (χ2n) is 3.40. The van der Waals surface area contributed by atoms with Gasteiger partial charge in [0.2, 0.25) is 0 Å². The fourth-order valence-electron chi connectivity index (χ4n) is 1.76. The van der Waals surface area contributed by atoms with Gasteiger partial charge in [-0.15, -0.1) is 0 Å². The van der Waals surface area contributed by atoms with Gasteiger partial charge < -0.3 is 0 Å². The van der Waals surface area contributed by atoms with Crippen LogP contribution in [-0.2, 0) is 0 Å². The molecule has 0 aliphatic rings. The molecule has 68 valence electrons. The van der Waals surface area contributed by atoms with Gasteiger partial charge in [0.1, 0.15) is 0 Å². The van der Waals surface area contributed by atoms with Crippen molar-refractivity contribution in [3.05, 3.63) is 42.1 Å². The summed E-state index contributed by atoms with van der Waals surface area (Å²) in [5, 5.41) is 1.35. The number of hydrogen-bond acceptors (Lipinski definition) is 1. The summed E-state index contributed by atoms with van der Waals surface area (Å²) in [5.41, 5.74) is 2.60. The fraction of sp³-hybridized carbons (Fsp3) is 0.0833. The van der Waals surface area contributed by atoms with Gasteiger partial charge in [0.15, 0.2) is 0 Å². The molecule has 14 heavy (non-hydrogen) atoms. The molecule has 0 saturated heterocycles. The average molecular weight is 246 g/mol. The van der Waals surface area contributed by atoms with E-state index >= 15 is 0 Å². The molecule has 1 aromatic carbocycles. The Balaban J connectivity index is 2.63. The number of benzene rings is 1. The zero-order chi connectivity index (χ0) is 9.54. The van der Waals surface area contributed by atoms with E-state index in [1.165, 1.54) is 25.0 Å². The third kappa shape index (κ3) is 1.05. The normalized spacial score (nSPS) is 11.2. The van der Waals surface area contributed by atoms with Gasteiger partial charge in [-0.05, 0) is 0 Å². The molecule has 2 aromatic heterocycles. The number of aromatic nitrogens is 1. The van der Waals surface area contributed by atoms with E-state index in [9.17, 15) is 0 Å². The number of hydrogen-bond donors (Lipinski definition) is 0. The first-order valence-electron chi connectivity index (χ1n) is 4.59. The second kappa shape index (κ2) is 2.94. The van der Waals surface area contributed by atoms with E-state index in [4.69, 9.17) is 0 Å². The Hall–Kier alpha value is -1.11. The molecule has 3 rings (SSSR count). The van der Waals surface area contributed by atoms with E-state index < -0.39 is 0 Å². The van der Waals surface area contributed by atoms with E-state index in [1.54, 1.807) is 0 Å². The molecule has 0 unspecified atom stereocenters. The minimum atomic E-state index is 0.463. The van der Waals surface area contributed by atoms with E-state index in [0.29, 0.717) is 14.5 Å². The SMILES string of the molecule is Cc1cccc2c1[se]c1cccnc12. The predicted molar refractivity (Wildman–Crippen MR) is 60.9 cm³/mol. The van der Waals surface area contributed by atoms with Crippen LogP contribution in [0.2, 0.25) is 0 Å². The van der Waals surface area contributed by atoms with Crippen LogP contribution in [0.5, 0.6) is 0 Å². The molecule has 1 nitrogen and oxygen atoms in total. The van der Waals surface area contributed by atoms with Crippen LogP contribution in [0.4, 0.5) is 0 Å². The van der Waals surface area contributed by atoms with Gasteiger partial charge in [-0.2, -0.15) is 0 Å². The van der Waals surface area contributed by atoms with Crippen molar-refractivity contribution in [2.24, 2.45) is 0 Å². The maximum absolute atomic E-state index is 4.46. The summed E-state index contributed by atoms with van der Waals surface area (Å²) in [6.07, 6.45) is 1.88. The van der Waals surface area contributed by atoms with Gasteiger partial charge in [-0.1, -0.05) is 0 Å². The van der Waals surface area contributed by atoms with Crippen molar-refractivity contribution < 1.29 is 0 Å². The molecule has 0 saturated carbocycles. The van der Waals surface area contributed by atoms with Crippen LogP contribution in [0.15, 0.2) is 36.5 Å². The molecule has 2 heterocycles. The molecule has 2 heteroatoms. The van der Waals surface area contributed by atoms with E-state index in [0.717, 1.165) is 0 Å². The van der Waals surface area contributed by atoms with Gasteiger partial charge >= 0.3 is 87.9 Å². The van der Waals surface area contributed by atoms with Crippen molar-refractivity contribution in [1.29, 1.82) is 0 Å². The summed E-state index contributed by atoms with van der Waals surface area (Å²) in [7, 11) is 0. The van der Waals surface area contributed by atoms with Gasteiger partial charge in [-0.3, -0.25) is 0 Å². The first-order chi connectivity index (χ1) is 6.86. The summed E-state index contributed by atoms with van der Waals surface area (Å²) < 4.78 is 2.93. The first-order valence-corrected chi connectivity index (χ1v) is 6.30. The summed E-state index contributed by atoms with van der Waals surface area (Å²) in [6, 6.07) is 10.7. The topological polar surface area (TPSA) is 12.9 Å². The zero-order valence-electron chi connectivity index (χ0n) is 7.82. The summed E-state index contributed by atoms with van der Waals surface area (Å²) in [4.78, 5) is 4.46. The monoisotopic (exact) mass is 247 g/mol. The van der Waals surface area contributed by atoms with Crippen molar-refractivity contribution in [1.82, 2.24) is 4.98 Å². The Labute approximate surface area is 88.1 Å². The number of nitrogens with zero attached hydrogens (tertiary/aromatic N) is 1. The molecule has 0 aliphatic heterocycles. The molecule has 0 bridgehead atoms. The first kappa shape index (κ1) is 8.22. The van der Waals surface area contributed by atoms with Crippen LogP contribution >= 0.6 is 0 Å². The van der Waals surface area contributed by atoms with Crippen molar-refractivity contribution in [3.63, 3.8) is 0 Å². The van der Waals surface area contributed by atoms with Crippen LogP contribution in [-0.4, -0.2) is 19.5 Å². The minimum absolute atomic E-state index is 0.463. The second-order valence-corrected chi connectivity index (χ2v) is 5.61. The number of rotatable bonds is 0. The third-order valence-corrected chi connectivity index (χ3v) is 5.17. The summed E-state index contributed by atoms with van der Waals surface area (Å²) >= 11 is 0.463. The molecule has 0 amide bonds. The molecule has 0 aliphatic carbocycles. The Bertz CT molecular complexity index is 610. The van der Waals surface area contributed by atoms with Gasteiger partial charge in [0.25, 0.3) is 0 Å². The molecule has 3 aromatic rings. The molecule has 0 spiro atoms. The number of fused-ring (bicyclic) bond motifs is 3. The standard InChI is InChI=1S/C12H9NSe/c1-8-4-2-5-9-11-10(14-12(8)9)6-3-7-13-11/h2-7H,1H3. The van der Waals surface area contributed by atoms with E-state index in [-0.39, 0.29) is 0 Å². The Morgan fingerprint density at radius 1 is 1.14 bits per heavy atom. The Kier molecular flexibility index (Phi) is 1.73. The number of pyridine rings is 1. The molecule has 0 fully saturated rings. The van der Waals surface area contributed by atoms with Crippen LogP contribution in [0.1, 0.15) is 5.56 Å². The number of aryl methyl sites for hydroxylation is 1. The summed E-state index contributed by atoms with van der Waals surface area (Å²) in [5.74, 6) is 0. The van der Waals surface area contributed by atoms with Crippen LogP contribution < -0.4 is 0 Å². The molecule has 0 atom stereocenters. The van der Waals surface area contributed by atoms with Crippen LogP contribution in [0, 0.1) is 6.92 Å². The van der Waals surface area contributed by atoms with Crippen LogP contribution in [0.3, 0.4) is 0 Å². The average Bonchev–Trinajstić information content (AvgIpc) is 2.59. The zero-order valence-corrected chi connectivity index (χ0v) is 9.53. The van der Waals surface area contributed by atoms with E-state index in [2.05, 4.69) is 36.2 Å². The van der Waals surface area contributed by atoms with Crippen LogP contribution in [0.25, 0.3) is 19.4 Å². The Morgan fingerprint density at radius 2 is 2.07 bits per heavy atom. The van der Waals surface area contributed by atoms with Crippen molar-refractivity contribution in [2.45, 2.75) is 6.92 Å². The summed E-state index contributed by atoms with van der Waals surface area (Å²) in [6.45, 7) is 2.19. The van der Waals surface area contributed by atoms with Crippen molar-refractivity contribution in [2.75, 3.05) is 0 Å². The molecule has 0 N–H and O–H groups in total. The van der Waals surface area contributed by atoms with Crippen molar-refractivity contribution in [3.8, 4) is 0 Å². The van der Waals surface area contributed by atoms with Crippen molar-refractivity contribution >= 4 is 33.9 Å². The van der Waals surface area contributed by atoms with Gasteiger partial charge in [-0.25, -0.2) is 0 Å². The van der Waals surface area contributed by atoms with E-state index in [1.807, 2.05) is 12.3 Å². The predicted octanol–water partition coefficient (Wildman–Crippen LogP) is 2.75.